The Morgan fingerprint density at radius 2 is 2.06 bits per heavy atom. The fourth-order valence-corrected chi connectivity index (χ4v) is 5.45. The number of aromatic nitrogens is 6. The van der Waals surface area contributed by atoms with Gasteiger partial charge in [-0.25, -0.2) is 14.5 Å². The maximum Gasteiger partial charge on any atom is 0.262 e. The summed E-state index contributed by atoms with van der Waals surface area (Å²) in [7, 11) is 0. The predicted molar refractivity (Wildman–Crippen MR) is 122 cm³/mol. The van der Waals surface area contributed by atoms with Gasteiger partial charge in [-0.1, -0.05) is 0 Å². The van der Waals surface area contributed by atoms with Crippen molar-refractivity contribution in [1.29, 1.82) is 0 Å². The number of aryl methyl sites for hydroxylation is 1. The molecule has 0 atom stereocenters. The monoisotopic (exact) mass is 459 g/mol. The molecule has 34 heavy (non-hydrogen) atoms. The molecule has 2 bridgehead atoms. The number of carbonyl (C=O) groups excluding carboxylic acids is 1. The fourth-order valence-electron chi connectivity index (χ4n) is 5.45. The van der Waals surface area contributed by atoms with Gasteiger partial charge in [-0.3, -0.25) is 9.20 Å². The number of anilines is 1. The van der Waals surface area contributed by atoms with Crippen LogP contribution in [0, 0.1) is 6.92 Å². The van der Waals surface area contributed by atoms with E-state index >= 15 is 0 Å². The predicted octanol–water partition coefficient (Wildman–Crippen LogP) is 3.08. The first-order valence-corrected chi connectivity index (χ1v) is 11.7. The average molecular weight is 460 g/mol. The van der Waals surface area contributed by atoms with Gasteiger partial charge in [0.1, 0.15) is 17.4 Å². The van der Waals surface area contributed by atoms with E-state index < -0.39 is 0 Å². The number of hydrogen-bond acceptors (Lipinski definition) is 7. The highest BCUT2D eigenvalue weighted by atomic mass is 16.5. The standard InChI is InChI=1S/C24H25N7O3/c1-14-6-25-19-17(7-26-31(19)8-14)27-20(32)16-9-30-10-18(24-11-23(2,12-24)33-13-24)28-22(30)29-21(16)34-15-4-3-5-15/h6-10,15H,3-5,11-13H2,1-2H3,(H,27,32). The summed E-state index contributed by atoms with van der Waals surface area (Å²) in [5.41, 5.74) is 3.32. The summed E-state index contributed by atoms with van der Waals surface area (Å²) in [5, 5.41) is 7.24. The van der Waals surface area contributed by atoms with E-state index in [2.05, 4.69) is 27.3 Å². The topological polar surface area (TPSA) is 108 Å². The number of hydrogen-bond donors (Lipinski definition) is 1. The Bertz CT molecular complexity index is 1460. The lowest BCUT2D eigenvalue weighted by molar-refractivity contribution is 0.0154. The van der Waals surface area contributed by atoms with Crippen LogP contribution in [0.25, 0.3) is 11.4 Å². The van der Waals surface area contributed by atoms with E-state index in [1.54, 1.807) is 23.1 Å². The smallest absolute Gasteiger partial charge is 0.262 e. The number of amides is 1. The molecule has 2 saturated carbocycles. The lowest BCUT2D eigenvalue weighted by Crippen LogP contribution is -2.45. The highest BCUT2D eigenvalue weighted by molar-refractivity contribution is 6.07. The van der Waals surface area contributed by atoms with Gasteiger partial charge in [0.05, 0.1) is 24.1 Å². The average Bonchev–Trinajstić information content (AvgIpc) is 3.51. The Morgan fingerprint density at radius 3 is 2.79 bits per heavy atom. The Balaban J connectivity index is 1.26. The molecule has 4 fully saturated rings. The lowest BCUT2D eigenvalue weighted by atomic mass is 9.62. The molecular weight excluding hydrogens is 434 g/mol. The highest BCUT2D eigenvalue weighted by Gasteiger charge is 2.61. The van der Waals surface area contributed by atoms with Crippen LogP contribution < -0.4 is 10.1 Å². The van der Waals surface area contributed by atoms with Crippen molar-refractivity contribution in [2.24, 2.45) is 0 Å². The van der Waals surface area contributed by atoms with Gasteiger partial charge in [-0.2, -0.15) is 10.1 Å². The summed E-state index contributed by atoms with van der Waals surface area (Å²) in [6.07, 6.45) is 14.0. The van der Waals surface area contributed by atoms with Crippen LogP contribution in [0.2, 0.25) is 0 Å². The van der Waals surface area contributed by atoms with E-state index in [4.69, 9.17) is 14.5 Å². The number of fused-ring (bicyclic) bond motifs is 3. The van der Waals surface area contributed by atoms with E-state index in [1.807, 2.05) is 23.7 Å². The van der Waals surface area contributed by atoms with Crippen molar-refractivity contribution in [3.05, 3.63) is 47.8 Å². The number of nitrogens with one attached hydrogen (secondary N) is 1. The van der Waals surface area contributed by atoms with E-state index in [0.29, 0.717) is 35.2 Å². The molecule has 0 unspecified atom stereocenters. The molecule has 174 valence electrons. The van der Waals surface area contributed by atoms with Gasteiger partial charge in [0.15, 0.2) is 5.65 Å². The third kappa shape index (κ3) is 2.94. The zero-order valence-electron chi connectivity index (χ0n) is 19.1. The van der Waals surface area contributed by atoms with Crippen LogP contribution in [0.1, 0.15) is 60.6 Å². The SMILES string of the molecule is Cc1cnc2c(NC(=O)c3cn4cc(C56COC(C)(C5)C6)nc4nc3OC3CCC3)cnn2c1. The van der Waals surface area contributed by atoms with Crippen LogP contribution in [0.15, 0.2) is 31.0 Å². The van der Waals surface area contributed by atoms with Gasteiger partial charge in [-0.05, 0) is 51.5 Å². The van der Waals surface area contributed by atoms with Crippen molar-refractivity contribution in [2.75, 3.05) is 11.9 Å². The maximum atomic E-state index is 13.4. The van der Waals surface area contributed by atoms with Crippen molar-refractivity contribution in [1.82, 2.24) is 29.0 Å². The molecule has 6 heterocycles. The highest BCUT2D eigenvalue weighted by Crippen LogP contribution is 2.58. The Morgan fingerprint density at radius 1 is 1.21 bits per heavy atom. The molecule has 0 radical (unpaired) electrons. The van der Waals surface area contributed by atoms with Crippen molar-refractivity contribution < 1.29 is 14.3 Å². The zero-order chi connectivity index (χ0) is 23.1. The quantitative estimate of drug-likeness (QED) is 0.489. The minimum absolute atomic E-state index is 0.0340. The van der Waals surface area contributed by atoms with Gasteiger partial charge in [0.2, 0.25) is 11.7 Å². The summed E-state index contributed by atoms with van der Waals surface area (Å²) in [5.74, 6) is 0.518. The summed E-state index contributed by atoms with van der Waals surface area (Å²) < 4.78 is 15.6. The number of rotatable bonds is 5. The molecule has 2 aliphatic carbocycles. The van der Waals surface area contributed by atoms with Gasteiger partial charge >= 0.3 is 0 Å². The van der Waals surface area contributed by atoms with Crippen LogP contribution in [-0.2, 0) is 10.2 Å². The molecule has 4 aromatic rings. The Hall–Kier alpha value is -3.53. The molecule has 4 aliphatic rings. The molecule has 8 rings (SSSR count). The maximum absolute atomic E-state index is 13.4. The number of imidazole rings is 1. The molecule has 4 aromatic heterocycles. The van der Waals surface area contributed by atoms with Gasteiger partial charge < -0.3 is 14.8 Å². The normalized spacial score (nSPS) is 25.9. The minimum atomic E-state index is -0.324. The molecule has 10 nitrogen and oxygen atoms in total. The summed E-state index contributed by atoms with van der Waals surface area (Å²) >= 11 is 0. The lowest BCUT2D eigenvalue weighted by Gasteiger charge is -2.41. The molecule has 0 aromatic carbocycles. The molecule has 0 spiro atoms. The Labute approximate surface area is 195 Å². The van der Waals surface area contributed by atoms with Crippen molar-refractivity contribution in [2.45, 2.75) is 63.1 Å². The third-order valence-corrected chi connectivity index (χ3v) is 7.39. The van der Waals surface area contributed by atoms with E-state index in [9.17, 15) is 4.79 Å². The second-order valence-electron chi connectivity index (χ2n) is 10.2. The van der Waals surface area contributed by atoms with Crippen molar-refractivity contribution >= 4 is 23.0 Å². The zero-order valence-corrected chi connectivity index (χ0v) is 19.1. The number of ether oxygens (including phenoxy) is 2. The number of nitrogens with zero attached hydrogens (tertiary/aromatic N) is 6. The van der Waals surface area contributed by atoms with Crippen LogP contribution in [0.4, 0.5) is 5.69 Å². The molecule has 2 aliphatic heterocycles. The molecule has 1 amide bonds. The molecule has 1 N–H and O–H groups in total. The van der Waals surface area contributed by atoms with Crippen LogP contribution in [-0.4, -0.2) is 53.2 Å². The van der Waals surface area contributed by atoms with Crippen molar-refractivity contribution in [3.63, 3.8) is 0 Å². The summed E-state index contributed by atoms with van der Waals surface area (Å²) in [6, 6.07) is 0. The van der Waals surface area contributed by atoms with Crippen LogP contribution in [0.5, 0.6) is 5.88 Å². The third-order valence-electron chi connectivity index (χ3n) is 7.39. The van der Waals surface area contributed by atoms with E-state index in [-0.39, 0.29) is 23.0 Å². The van der Waals surface area contributed by atoms with E-state index in [0.717, 1.165) is 43.4 Å². The summed E-state index contributed by atoms with van der Waals surface area (Å²) in [4.78, 5) is 27.3. The van der Waals surface area contributed by atoms with Gasteiger partial charge in [0, 0.05) is 30.2 Å². The Kier molecular flexibility index (Phi) is 3.95. The molecule has 10 heteroatoms. The van der Waals surface area contributed by atoms with Crippen LogP contribution >= 0.6 is 0 Å². The van der Waals surface area contributed by atoms with Crippen molar-refractivity contribution in [3.8, 4) is 5.88 Å². The first-order chi connectivity index (χ1) is 16.4. The fraction of sp³-hybridized carbons (Fsp3) is 0.458. The van der Waals surface area contributed by atoms with Gasteiger partial charge in [-0.15, -0.1) is 0 Å². The summed E-state index contributed by atoms with van der Waals surface area (Å²) in [6.45, 7) is 4.77. The largest absolute Gasteiger partial charge is 0.474 e. The second kappa shape index (κ2) is 6.75. The molecule has 2 saturated heterocycles. The minimum Gasteiger partial charge on any atom is -0.474 e. The van der Waals surface area contributed by atoms with E-state index in [1.165, 1.54) is 0 Å². The van der Waals surface area contributed by atoms with Crippen LogP contribution in [0.3, 0.4) is 0 Å². The first-order valence-electron chi connectivity index (χ1n) is 11.7. The first kappa shape index (κ1) is 19.9. The second-order valence-corrected chi connectivity index (χ2v) is 10.2. The molecular formula is C24H25N7O3. The number of carbonyl (C=O) groups is 1. The van der Waals surface area contributed by atoms with Gasteiger partial charge in [0.25, 0.3) is 5.91 Å².